The van der Waals surface area contributed by atoms with E-state index in [1.807, 2.05) is 13.8 Å². The predicted molar refractivity (Wildman–Crippen MR) is 58.2 cm³/mol. The van der Waals surface area contributed by atoms with Crippen molar-refractivity contribution >= 4 is 5.91 Å². The summed E-state index contributed by atoms with van der Waals surface area (Å²) in [4.78, 5) is 11.3. The maximum atomic E-state index is 11.3. The lowest BCUT2D eigenvalue weighted by atomic mass is 10.2. The average molecular weight is 212 g/mol. The van der Waals surface area contributed by atoms with Crippen LogP contribution in [0.3, 0.4) is 0 Å². The molecule has 0 unspecified atom stereocenters. The third-order valence-electron chi connectivity index (χ3n) is 1.97. The van der Waals surface area contributed by atoms with E-state index in [1.165, 1.54) is 0 Å². The smallest absolute Gasteiger partial charge is 0.221 e. The second-order valence-electron chi connectivity index (χ2n) is 3.34. The van der Waals surface area contributed by atoms with Gasteiger partial charge >= 0.3 is 0 Å². The molecule has 0 aromatic carbocycles. The third-order valence-corrected chi connectivity index (χ3v) is 1.97. The molecule has 0 saturated heterocycles. The molecule has 0 bridgehead atoms. The van der Waals surface area contributed by atoms with Gasteiger partial charge in [-0.15, -0.1) is 0 Å². The molecule has 86 valence electrons. The topological polar surface area (TPSA) is 62.1 Å². The molecule has 1 amide bonds. The molecule has 0 aliphatic rings. The second kappa shape index (κ2) is 9.47. The molecule has 0 saturated carbocycles. The quantitative estimate of drug-likeness (QED) is 0.622. The molecular formula is C11H20N2O2. The van der Waals surface area contributed by atoms with Gasteiger partial charge in [0.2, 0.25) is 5.91 Å². The molecule has 0 aliphatic heterocycles. The summed E-state index contributed by atoms with van der Waals surface area (Å²) in [6.45, 7) is 5.20. The number of carbonyl (C=O) groups excluding carboxylic acids is 1. The predicted octanol–water partition coefficient (Wildman–Crippen LogP) is 1.61. The Hall–Kier alpha value is -1.08. The Morgan fingerprint density at radius 2 is 2.27 bits per heavy atom. The van der Waals surface area contributed by atoms with E-state index in [-0.39, 0.29) is 11.9 Å². The fourth-order valence-electron chi connectivity index (χ4n) is 1.20. The summed E-state index contributed by atoms with van der Waals surface area (Å²) in [5.41, 5.74) is 0. The first-order valence-electron chi connectivity index (χ1n) is 5.51. The maximum absolute atomic E-state index is 11.3. The van der Waals surface area contributed by atoms with E-state index in [0.29, 0.717) is 32.5 Å². The Morgan fingerprint density at radius 1 is 1.53 bits per heavy atom. The summed E-state index contributed by atoms with van der Waals surface area (Å²) in [6, 6.07) is 1.73. The molecule has 0 fully saturated rings. The number of nitrogens with zero attached hydrogens (tertiary/aromatic N) is 1. The Labute approximate surface area is 91.6 Å². The van der Waals surface area contributed by atoms with Crippen molar-refractivity contribution in [3.8, 4) is 6.07 Å². The van der Waals surface area contributed by atoms with Crippen molar-refractivity contribution in [1.29, 1.82) is 5.26 Å². The van der Waals surface area contributed by atoms with Gasteiger partial charge in [0.15, 0.2) is 0 Å². The molecular weight excluding hydrogens is 192 g/mol. The zero-order valence-corrected chi connectivity index (χ0v) is 9.58. The summed E-state index contributed by atoms with van der Waals surface area (Å²) < 4.78 is 5.12. The zero-order chi connectivity index (χ0) is 11.5. The van der Waals surface area contributed by atoms with Crippen LogP contribution in [0.5, 0.6) is 0 Å². The standard InChI is InChI=1S/C11H20N2O2/c1-3-6-10(9-12)13-11(14)7-5-8-15-4-2/h10H,3-8H2,1-2H3,(H,13,14)/t10-/m1/s1. The van der Waals surface area contributed by atoms with Gasteiger partial charge in [-0.3, -0.25) is 4.79 Å². The van der Waals surface area contributed by atoms with Crippen LogP contribution >= 0.6 is 0 Å². The molecule has 15 heavy (non-hydrogen) atoms. The summed E-state index contributed by atoms with van der Waals surface area (Å²) in [5.74, 6) is -0.0605. The first-order chi connectivity index (χ1) is 7.24. The molecule has 1 atom stereocenters. The van der Waals surface area contributed by atoms with Crippen molar-refractivity contribution in [3.63, 3.8) is 0 Å². The Bertz CT molecular complexity index is 211. The number of nitriles is 1. The van der Waals surface area contributed by atoms with Crippen LogP contribution in [-0.4, -0.2) is 25.2 Å². The lowest BCUT2D eigenvalue weighted by Gasteiger charge is -2.10. The first-order valence-corrected chi connectivity index (χ1v) is 5.51. The lowest BCUT2D eigenvalue weighted by Crippen LogP contribution is -2.33. The molecule has 4 heteroatoms. The van der Waals surface area contributed by atoms with Crippen LogP contribution in [0.15, 0.2) is 0 Å². The van der Waals surface area contributed by atoms with Crippen LogP contribution in [0.2, 0.25) is 0 Å². The number of amides is 1. The highest BCUT2D eigenvalue weighted by Crippen LogP contribution is 1.97. The van der Waals surface area contributed by atoms with Gasteiger partial charge < -0.3 is 10.1 Å². The fraction of sp³-hybridized carbons (Fsp3) is 0.818. The van der Waals surface area contributed by atoms with Crippen molar-refractivity contribution in [3.05, 3.63) is 0 Å². The molecule has 0 rings (SSSR count). The number of ether oxygens (including phenoxy) is 1. The SMILES string of the molecule is CCC[C@H](C#N)NC(=O)CCCOCC. The van der Waals surface area contributed by atoms with Crippen molar-refractivity contribution in [1.82, 2.24) is 5.32 Å². The van der Waals surface area contributed by atoms with E-state index in [9.17, 15) is 4.79 Å². The van der Waals surface area contributed by atoms with Crippen LogP contribution in [0.1, 0.15) is 39.5 Å². The van der Waals surface area contributed by atoms with Gasteiger partial charge in [-0.2, -0.15) is 5.26 Å². The van der Waals surface area contributed by atoms with E-state index >= 15 is 0 Å². The van der Waals surface area contributed by atoms with Crippen LogP contribution in [0.25, 0.3) is 0 Å². The highest BCUT2D eigenvalue weighted by molar-refractivity contribution is 5.76. The molecule has 0 spiro atoms. The first kappa shape index (κ1) is 13.9. The number of hydrogen-bond acceptors (Lipinski definition) is 3. The minimum Gasteiger partial charge on any atom is -0.382 e. The average Bonchev–Trinajstić information content (AvgIpc) is 2.24. The second-order valence-corrected chi connectivity index (χ2v) is 3.34. The molecule has 0 heterocycles. The van der Waals surface area contributed by atoms with E-state index in [2.05, 4.69) is 11.4 Å². The Balaban J connectivity index is 3.58. The van der Waals surface area contributed by atoms with E-state index in [0.717, 1.165) is 6.42 Å². The van der Waals surface area contributed by atoms with Gasteiger partial charge in [0.05, 0.1) is 6.07 Å². The molecule has 4 nitrogen and oxygen atoms in total. The number of rotatable bonds is 8. The maximum Gasteiger partial charge on any atom is 0.221 e. The molecule has 0 aliphatic carbocycles. The third kappa shape index (κ3) is 7.95. The normalized spacial score (nSPS) is 11.8. The van der Waals surface area contributed by atoms with Crippen molar-refractivity contribution < 1.29 is 9.53 Å². The van der Waals surface area contributed by atoms with E-state index < -0.39 is 0 Å². The number of nitrogens with one attached hydrogen (secondary N) is 1. The highest BCUT2D eigenvalue weighted by atomic mass is 16.5. The molecule has 0 aromatic rings. The van der Waals surface area contributed by atoms with Crippen LogP contribution in [0, 0.1) is 11.3 Å². The minimum absolute atomic E-state index is 0.0605. The Kier molecular flexibility index (Phi) is 8.79. The fourth-order valence-corrected chi connectivity index (χ4v) is 1.20. The van der Waals surface area contributed by atoms with Gasteiger partial charge in [-0.25, -0.2) is 0 Å². The van der Waals surface area contributed by atoms with Crippen LogP contribution in [-0.2, 0) is 9.53 Å². The minimum atomic E-state index is -0.338. The van der Waals surface area contributed by atoms with E-state index in [1.54, 1.807) is 0 Å². The lowest BCUT2D eigenvalue weighted by molar-refractivity contribution is -0.121. The number of carbonyl (C=O) groups is 1. The molecule has 0 aromatic heterocycles. The molecule has 0 radical (unpaired) electrons. The Morgan fingerprint density at radius 3 is 2.80 bits per heavy atom. The van der Waals surface area contributed by atoms with Crippen molar-refractivity contribution in [2.24, 2.45) is 0 Å². The molecule has 1 N–H and O–H groups in total. The van der Waals surface area contributed by atoms with Gasteiger partial charge in [-0.1, -0.05) is 13.3 Å². The zero-order valence-electron chi connectivity index (χ0n) is 9.58. The van der Waals surface area contributed by atoms with Crippen LogP contribution in [0.4, 0.5) is 0 Å². The summed E-state index contributed by atoms with van der Waals surface area (Å²) in [5, 5.41) is 11.4. The van der Waals surface area contributed by atoms with E-state index in [4.69, 9.17) is 10.00 Å². The largest absolute Gasteiger partial charge is 0.382 e. The van der Waals surface area contributed by atoms with Gasteiger partial charge in [0.25, 0.3) is 0 Å². The summed E-state index contributed by atoms with van der Waals surface area (Å²) in [7, 11) is 0. The van der Waals surface area contributed by atoms with Gasteiger partial charge in [0, 0.05) is 19.6 Å². The van der Waals surface area contributed by atoms with Crippen molar-refractivity contribution in [2.75, 3.05) is 13.2 Å². The van der Waals surface area contributed by atoms with Gasteiger partial charge in [0.1, 0.15) is 6.04 Å². The highest BCUT2D eigenvalue weighted by Gasteiger charge is 2.09. The summed E-state index contributed by atoms with van der Waals surface area (Å²) >= 11 is 0. The van der Waals surface area contributed by atoms with Gasteiger partial charge in [-0.05, 0) is 19.8 Å². The summed E-state index contributed by atoms with van der Waals surface area (Å²) in [6.07, 6.45) is 2.76. The monoisotopic (exact) mass is 212 g/mol. The van der Waals surface area contributed by atoms with Crippen LogP contribution < -0.4 is 5.32 Å². The van der Waals surface area contributed by atoms with Crippen molar-refractivity contribution in [2.45, 2.75) is 45.6 Å². The number of hydrogen-bond donors (Lipinski definition) is 1.